The van der Waals surface area contributed by atoms with Crippen molar-refractivity contribution in [2.75, 3.05) is 0 Å². The zero-order chi connectivity index (χ0) is 11.3. The Hall–Kier alpha value is -1.04. The average molecular weight is 202 g/mol. The Morgan fingerprint density at radius 3 is 2.67 bits per heavy atom. The van der Waals surface area contributed by atoms with Crippen LogP contribution in [0.1, 0.15) is 49.3 Å². The lowest BCUT2D eigenvalue weighted by atomic mass is 9.95. The second kappa shape index (κ2) is 5.75. The van der Waals surface area contributed by atoms with Crippen LogP contribution in [0, 0.1) is 6.92 Å². The largest absolute Gasteiger partial charge is 0.102 e. The van der Waals surface area contributed by atoms with Crippen LogP contribution < -0.4 is 0 Å². The molecule has 0 aliphatic heterocycles. The maximum Gasteiger partial charge on any atom is -0.00129 e. The summed E-state index contributed by atoms with van der Waals surface area (Å²) >= 11 is 0. The van der Waals surface area contributed by atoms with Gasteiger partial charge in [-0.3, -0.25) is 0 Å². The molecule has 0 aliphatic carbocycles. The van der Waals surface area contributed by atoms with E-state index in [1.807, 2.05) is 6.08 Å². The van der Waals surface area contributed by atoms with Gasteiger partial charge in [0.25, 0.3) is 0 Å². The molecule has 1 atom stereocenters. The maximum absolute atomic E-state index is 3.86. The van der Waals surface area contributed by atoms with Crippen molar-refractivity contribution in [3.05, 3.63) is 47.5 Å². The number of hydrogen-bond donors (Lipinski definition) is 0. The fourth-order valence-corrected chi connectivity index (χ4v) is 1.82. The molecule has 0 amide bonds. The molecule has 0 bridgehead atoms. The number of benzene rings is 1. The van der Waals surface area contributed by atoms with Gasteiger partial charge < -0.3 is 0 Å². The smallest absolute Gasteiger partial charge is 0.00129 e. The Morgan fingerprint density at radius 2 is 2.07 bits per heavy atom. The number of unbranched alkanes of at least 4 members (excludes halogenated alkanes) is 1. The van der Waals surface area contributed by atoms with Crippen molar-refractivity contribution in [2.24, 2.45) is 0 Å². The molecule has 0 nitrogen and oxygen atoms in total. The molecule has 1 rings (SSSR count). The lowest BCUT2D eigenvalue weighted by Gasteiger charge is -2.10. The first-order chi connectivity index (χ1) is 7.17. The standard InChI is InChI=1S/C15H22/c1-5-7-8-14-9-12(3)10-15(11-14)13(4)6-2/h6,9-11,13H,2,5,7-8H2,1,3-4H3. The highest BCUT2D eigenvalue weighted by molar-refractivity contribution is 5.33. The van der Waals surface area contributed by atoms with Gasteiger partial charge in [0.1, 0.15) is 0 Å². The van der Waals surface area contributed by atoms with E-state index in [0.29, 0.717) is 5.92 Å². The molecule has 0 radical (unpaired) electrons. The molecule has 1 aromatic carbocycles. The molecule has 0 N–H and O–H groups in total. The molecular weight excluding hydrogens is 180 g/mol. The van der Waals surface area contributed by atoms with Crippen LogP contribution in [0.3, 0.4) is 0 Å². The van der Waals surface area contributed by atoms with E-state index in [4.69, 9.17) is 0 Å². The lowest BCUT2D eigenvalue weighted by Crippen LogP contribution is -1.94. The van der Waals surface area contributed by atoms with E-state index >= 15 is 0 Å². The first-order valence-electron chi connectivity index (χ1n) is 5.90. The molecule has 1 unspecified atom stereocenters. The van der Waals surface area contributed by atoms with Gasteiger partial charge in [-0.15, -0.1) is 6.58 Å². The Kier molecular flexibility index (Phi) is 4.61. The van der Waals surface area contributed by atoms with E-state index < -0.39 is 0 Å². The summed E-state index contributed by atoms with van der Waals surface area (Å²) in [5.41, 5.74) is 4.24. The van der Waals surface area contributed by atoms with Crippen molar-refractivity contribution in [2.45, 2.75) is 46.0 Å². The highest BCUT2D eigenvalue weighted by atomic mass is 14.1. The summed E-state index contributed by atoms with van der Waals surface area (Å²) in [5, 5.41) is 0. The summed E-state index contributed by atoms with van der Waals surface area (Å²) in [5.74, 6) is 0.463. The summed E-state index contributed by atoms with van der Waals surface area (Å²) in [6.45, 7) is 10.5. The fourth-order valence-electron chi connectivity index (χ4n) is 1.82. The summed E-state index contributed by atoms with van der Waals surface area (Å²) < 4.78 is 0. The van der Waals surface area contributed by atoms with Gasteiger partial charge in [0.2, 0.25) is 0 Å². The molecule has 0 heterocycles. The van der Waals surface area contributed by atoms with Crippen molar-refractivity contribution in [1.29, 1.82) is 0 Å². The van der Waals surface area contributed by atoms with Crippen molar-refractivity contribution < 1.29 is 0 Å². The zero-order valence-electron chi connectivity index (χ0n) is 10.2. The second-order valence-electron chi connectivity index (χ2n) is 4.38. The predicted octanol–water partition coefficient (Wildman–Crippen LogP) is 4.63. The molecule has 0 saturated heterocycles. The number of aryl methyl sites for hydroxylation is 2. The molecular formula is C15H22. The van der Waals surface area contributed by atoms with Crippen LogP contribution in [0.5, 0.6) is 0 Å². The average Bonchev–Trinajstić information content (AvgIpc) is 2.24. The summed E-state index contributed by atoms with van der Waals surface area (Å²) in [6, 6.07) is 6.89. The minimum absolute atomic E-state index is 0.463. The van der Waals surface area contributed by atoms with E-state index in [1.165, 1.54) is 36.0 Å². The summed E-state index contributed by atoms with van der Waals surface area (Å²) in [6.07, 6.45) is 5.76. The van der Waals surface area contributed by atoms with Gasteiger partial charge in [-0.25, -0.2) is 0 Å². The Balaban J connectivity index is 2.89. The van der Waals surface area contributed by atoms with Crippen LogP contribution in [0.2, 0.25) is 0 Å². The Morgan fingerprint density at radius 1 is 1.33 bits per heavy atom. The third kappa shape index (κ3) is 3.54. The minimum Gasteiger partial charge on any atom is -0.102 e. The maximum atomic E-state index is 3.86. The monoisotopic (exact) mass is 202 g/mol. The van der Waals surface area contributed by atoms with E-state index in [9.17, 15) is 0 Å². The predicted molar refractivity (Wildman–Crippen MR) is 68.4 cm³/mol. The van der Waals surface area contributed by atoms with Crippen LogP contribution in [0.4, 0.5) is 0 Å². The van der Waals surface area contributed by atoms with E-state index in [-0.39, 0.29) is 0 Å². The van der Waals surface area contributed by atoms with Crippen LogP contribution in [-0.2, 0) is 6.42 Å². The van der Waals surface area contributed by atoms with Crippen LogP contribution in [0.25, 0.3) is 0 Å². The molecule has 0 fully saturated rings. The second-order valence-corrected chi connectivity index (χ2v) is 4.38. The van der Waals surface area contributed by atoms with Gasteiger partial charge in [-0.1, -0.05) is 50.1 Å². The minimum atomic E-state index is 0.463. The zero-order valence-corrected chi connectivity index (χ0v) is 10.2. The molecule has 0 saturated carbocycles. The first-order valence-corrected chi connectivity index (χ1v) is 5.90. The normalized spacial score (nSPS) is 12.5. The number of hydrogen-bond acceptors (Lipinski definition) is 0. The van der Waals surface area contributed by atoms with Crippen molar-refractivity contribution in [1.82, 2.24) is 0 Å². The van der Waals surface area contributed by atoms with Crippen LogP contribution >= 0.6 is 0 Å². The van der Waals surface area contributed by atoms with Gasteiger partial charge in [0, 0.05) is 0 Å². The van der Waals surface area contributed by atoms with Crippen LogP contribution in [-0.4, -0.2) is 0 Å². The van der Waals surface area contributed by atoms with Gasteiger partial charge in [0.15, 0.2) is 0 Å². The van der Waals surface area contributed by atoms with Gasteiger partial charge >= 0.3 is 0 Å². The summed E-state index contributed by atoms with van der Waals surface area (Å²) in [7, 11) is 0. The number of allylic oxidation sites excluding steroid dienone is 1. The highest BCUT2D eigenvalue weighted by Crippen LogP contribution is 2.20. The number of rotatable bonds is 5. The first kappa shape index (κ1) is 12.0. The molecule has 1 aromatic rings. The molecule has 0 spiro atoms. The van der Waals surface area contributed by atoms with Gasteiger partial charge in [-0.2, -0.15) is 0 Å². The van der Waals surface area contributed by atoms with E-state index in [2.05, 4.69) is 45.5 Å². The molecule has 0 aliphatic rings. The lowest BCUT2D eigenvalue weighted by molar-refractivity contribution is 0.792. The van der Waals surface area contributed by atoms with E-state index in [0.717, 1.165) is 0 Å². The van der Waals surface area contributed by atoms with Crippen molar-refractivity contribution >= 4 is 0 Å². The third-order valence-electron chi connectivity index (χ3n) is 2.86. The topological polar surface area (TPSA) is 0 Å². The van der Waals surface area contributed by atoms with Gasteiger partial charge in [0.05, 0.1) is 0 Å². The van der Waals surface area contributed by atoms with Crippen molar-refractivity contribution in [3.8, 4) is 0 Å². The third-order valence-corrected chi connectivity index (χ3v) is 2.86. The SMILES string of the molecule is C=CC(C)c1cc(C)cc(CCCC)c1. The Labute approximate surface area is 94.0 Å². The molecule has 82 valence electrons. The summed E-state index contributed by atoms with van der Waals surface area (Å²) in [4.78, 5) is 0. The molecule has 0 aromatic heterocycles. The van der Waals surface area contributed by atoms with E-state index in [1.54, 1.807) is 0 Å². The van der Waals surface area contributed by atoms with Gasteiger partial charge in [-0.05, 0) is 36.8 Å². The highest BCUT2D eigenvalue weighted by Gasteiger charge is 2.03. The van der Waals surface area contributed by atoms with Crippen LogP contribution in [0.15, 0.2) is 30.9 Å². The Bertz CT molecular complexity index is 323. The quantitative estimate of drug-likeness (QED) is 0.611. The fraction of sp³-hybridized carbons (Fsp3) is 0.467. The van der Waals surface area contributed by atoms with Crippen molar-refractivity contribution in [3.63, 3.8) is 0 Å². The molecule has 0 heteroatoms. The molecule has 15 heavy (non-hydrogen) atoms.